The highest BCUT2D eigenvalue weighted by atomic mass is 14.1. The van der Waals surface area contributed by atoms with Crippen LogP contribution in [0.3, 0.4) is 0 Å². The lowest BCUT2D eigenvalue weighted by atomic mass is 9.99. The Morgan fingerprint density at radius 1 is 0.281 bits per heavy atom. The first-order chi connectivity index (χ1) is 28.4. The Labute approximate surface area is 356 Å². The first-order valence-electron chi connectivity index (χ1n) is 26.2. The van der Waals surface area contributed by atoms with Gasteiger partial charge in [0.1, 0.15) is 0 Å². The largest absolute Gasteiger partial charge is 0.0654 e. The molecule has 0 nitrogen and oxygen atoms in total. The van der Waals surface area contributed by atoms with Crippen LogP contribution in [0.4, 0.5) is 0 Å². The summed E-state index contributed by atoms with van der Waals surface area (Å²) in [6.07, 6.45) is 61.4. The number of hydrogen-bond acceptors (Lipinski definition) is 0. The average Bonchev–Trinajstić information content (AvgIpc) is 3.23. The van der Waals surface area contributed by atoms with Gasteiger partial charge in [0.05, 0.1) is 0 Å². The molecule has 0 aliphatic rings. The van der Waals surface area contributed by atoms with E-state index >= 15 is 0 Å². The van der Waals surface area contributed by atoms with Gasteiger partial charge in [0, 0.05) is 0 Å². The Balaban J connectivity index is 0.917. The van der Waals surface area contributed by atoms with E-state index in [9.17, 15) is 0 Å². The van der Waals surface area contributed by atoms with Crippen molar-refractivity contribution >= 4 is 21.5 Å². The summed E-state index contributed by atoms with van der Waals surface area (Å²) in [4.78, 5) is 0. The summed E-state index contributed by atoms with van der Waals surface area (Å²) in [5.41, 5.74) is 1.38. The van der Waals surface area contributed by atoms with Crippen LogP contribution >= 0.6 is 0 Å². The van der Waals surface area contributed by atoms with Gasteiger partial charge >= 0.3 is 0 Å². The lowest BCUT2D eigenvalue weighted by Gasteiger charge is -2.06. The summed E-state index contributed by atoms with van der Waals surface area (Å²) in [6.45, 7) is 2.31. The summed E-state index contributed by atoms with van der Waals surface area (Å²) in [5.74, 6) is 0. The molecule has 0 bridgehead atoms. The molecule has 323 valence electrons. The summed E-state index contributed by atoms with van der Waals surface area (Å²) >= 11 is 0. The molecule has 3 aromatic carbocycles. The molecule has 0 heterocycles. The predicted octanol–water partition coefficient (Wildman–Crippen LogP) is 20.3. The van der Waals surface area contributed by atoms with Gasteiger partial charge < -0.3 is 0 Å². The Bertz CT molecular complexity index is 1290. The van der Waals surface area contributed by atoms with Crippen LogP contribution in [-0.2, 0) is 6.42 Å². The number of benzene rings is 3. The molecule has 0 N–H and O–H groups in total. The molecule has 0 aliphatic carbocycles. The fourth-order valence-electron chi connectivity index (χ4n) is 9.34. The highest BCUT2D eigenvalue weighted by Gasteiger charge is 2.02. The average molecular weight is 780 g/mol. The van der Waals surface area contributed by atoms with Gasteiger partial charge in [0.2, 0.25) is 0 Å². The zero-order chi connectivity index (χ0) is 39.9. The SMILES string of the molecule is CCCCCCCCCCCCCCCCCCCCCCCCCCCCCCCCCCCCCCCCCCCc1[c]c2cc3ccccc3cc2cc1. The Morgan fingerprint density at radius 3 is 0.877 bits per heavy atom. The molecule has 0 unspecified atom stereocenters. The molecule has 0 spiro atoms. The second-order valence-electron chi connectivity index (χ2n) is 18.7. The summed E-state index contributed by atoms with van der Waals surface area (Å²) in [7, 11) is 0. The maximum absolute atomic E-state index is 3.70. The second-order valence-corrected chi connectivity index (χ2v) is 18.7. The summed E-state index contributed by atoms with van der Waals surface area (Å²) < 4.78 is 0. The van der Waals surface area contributed by atoms with Crippen LogP contribution in [-0.4, -0.2) is 0 Å². The standard InChI is InChI=1S/C57H95/c1-2-3-4-5-6-7-8-9-10-11-12-13-14-15-16-17-18-19-20-21-22-23-24-25-26-27-28-29-30-31-32-33-34-35-36-37-38-39-40-41-42-45-53-48-49-56-51-54-46-43-44-47-55(54)52-57(56)50-53/h43-44,46-49,51-52H,2-42,45H2,1H3. The van der Waals surface area contributed by atoms with Crippen molar-refractivity contribution in [2.24, 2.45) is 0 Å². The van der Waals surface area contributed by atoms with Gasteiger partial charge in [-0.05, 0) is 58.1 Å². The number of aryl methyl sites for hydroxylation is 1. The molecule has 3 rings (SSSR count). The molecule has 0 atom stereocenters. The van der Waals surface area contributed by atoms with Crippen molar-refractivity contribution in [2.75, 3.05) is 0 Å². The van der Waals surface area contributed by atoms with Crippen LogP contribution in [0.1, 0.15) is 276 Å². The van der Waals surface area contributed by atoms with Crippen LogP contribution < -0.4 is 0 Å². The van der Waals surface area contributed by atoms with Gasteiger partial charge in [0.25, 0.3) is 0 Å². The van der Waals surface area contributed by atoms with E-state index in [0.29, 0.717) is 0 Å². The normalized spacial score (nSPS) is 11.7. The van der Waals surface area contributed by atoms with Crippen molar-refractivity contribution in [1.29, 1.82) is 0 Å². The van der Waals surface area contributed by atoms with Gasteiger partial charge in [0.15, 0.2) is 0 Å². The minimum atomic E-state index is 1.17. The first-order valence-corrected chi connectivity index (χ1v) is 26.2. The molecule has 0 fully saturated rings. The zero-order valence-corrected chi connectivity index (χ0v) is 38.3. The minimum Gasteiger partial charge on any atom is -0.0654 e. The van der Waals surface area contributed by atoms with Gasteiger partial charge in [-0.2, -0.15) is 0 Å². The van der Waals surface area contributed by atoms with Gasteiger partial charge in [-0.25, -0.2) is 0 Å². The molecule has 0 amide bonds. The third-order valence-corrected chi connectivity index (χ3v) is 13.2. The molecule has 3 aromatic rings. The monoisotopic (exact) mass is 780 g/mol. The van der Waals surface area contributed by atoms with Crippen molar-refractivity contribution in [2.45, 2.75) is 277 Å². The Morgan fingerprint density at radius 2 is 0.561 bits per heavy atom. The van der Waals surface area contributed by atoms with Crippen LogP contribution in [0, 0.1) is 6.07 Å². The number of hydrogen-bond donors (Lipinski definition) is 0. The van der Waals surface area contributed by atoms with E-state index in [4.69, 9.17) is 0 Å². The van der Waals surface area contributed by atoms with Crippen molar-refractivity contribution in [3.05, 3.63) is 60.2 Å². The fraction of sp³-hybridized carbons (Fsp3) is 0.754. The summed E-state index contributed by atoms with van der Waals surface area (Å²) in [5, 5.41) is 5.22. The maximum atomic E-state index is 3.70. The molecular formula is C57H95. The molecular weight excluding hydrogens is 685 g/mol. The lowest BCUT2D eigenvalue weighted by Crippen LogP contribution is -1.88. The zero-order valence-electron chi connectivity index (χ0n) is 38.3. The number of rotatable bonds is 42. The lowest BCUT2D eigenvalue weighted by molar-refractivity contribution is 0.509. The molecule has 0 aliphatic heterocycles. The van der Waals surface area contributed by atoms with Crippen molar-refractivity contribution in [1.82, 2.24) is 0 Å². The van der Waals surface area contributed by atoms with E-state index in [-0.39, 0.29) is 0 Å². The second kappa shape index (κ2) is 37.2. The molecule has 1 radical (unpaired) electrons. The van der Waals surface area contributed by atoms with E-state index in [1.54, 1.807) is 0 Å². The van der Waals surface area contributed by atoms with Crippen LogP contribution in [0.5, 0.6) is 0 Å². The third kappa shape index (κ3) is 27.5. The van der Waals surface area contributed by atoms with Crippen molar-refractivity contribution < 1.29 is 0 Å². The number of unbranched alkanes of at least 4 members (excludes halogenated alkanes) is 40. The van der Waals surface area contributed by atoms with Gasteiger partial charge in [-0.15, -0.1) is 0 Å². The van der Waals surface area contributed by atoms with Crippen molar-refractivity contribution in [3.8, 4) is 0 Å². The minimum absolute atomic E-state index is 1.17. The van der Waals surface area contributed by atoms with E-state index in [0.717, 1.165) is 0 Å². The van der Waals surface area contributed by atoms with E-state index < -0.39 is 0 Å². The highest BCUT2D eigenvalue weighted by Crippen LogP contribution is 2.24. The number of fused-ring (bicyclic) bond motifs is 2. The van der Waals surface area contributed by atoms with Crippen LogP contribution in [0.2, 0.25) is 0 Å². The summed E-state index contributed by atoms with van der Waals surface area (Å²) in [6, 6.07) is 21.6. The highest BCUT2D eigenvalue weighted by molar-refractivity contribution is 5.98. The van der Waals surface area contributed by atoms with E-state index in [2.05, 4.69) is 61.5 Å². The van der Waals surface area contributed by atoms with Crippen molar-refractivity contribution in [3.63, 3.8) is 0 Å². The predicted molar refractivity (Wildman–Crippen MR) is 259 cm³/mol. The van der Waals surface area contributed by atoms with E-state index in [1.807, 2.05) is 0 Å². The quantitative estimate of drug-likeness (QED) is 0.0397. The third-order valence-electron chi connectivity index (χ3n) is 13.2. The Hall–Kier alpha value is -1.82. The van der Waals surface area contributed by atoms with Crippen LogP contribution in [0.15, 0.2) is 48.5 Å². The van der Waals surface area contributed by atoms with Gasteiger partial charge in [-0.3, -0.25) is 0 Å². The van der Waals surface area contributed by atoms with Gasteiger partial charge in [-0.1, -0.05) is 300 Å². The molecule has 0 saturated carbocycles. The topological polar surface area (TPSA) is 0 Å². The Kier molecular flexibility index (Phi) is 32.3. The fourth-order valence-corrected chi connectivity index (χ4v) is 9.34. The molecule has 0 saturated heterocycles. The van der Waals surface area contributed by atoms with E-state index in [1.165, 1.54) is 297 Å². The molecule has 0 heteroatoms. The maximum Gasteiger partial charge on any atom is -0.00641 e. The first kappa shape index (κ1) is 49.5. The van der Waals surface area contributed by atoms with Crippen LogP contribution in [0.25, 0.3) is 21.5 Å². The molecule has 57 heavy (non-hydrogen) atoms. The smallest absolute Gasteiger partial charge is 0.00641 e. The molecule has 0 aromatic heterocycles.